The first-order valence-corrected chi connectivity index (χ1v) is 16.8. The second-order valence-electron chi connectivity index (χ2n) is 12.6. The molecule has 2 aromatic rings. The SMILES string of the molecule is CCN1Cc2ccccc2C(C2CCCC2)(C2CCN(CC3CN(c4ccc(S(C)(=O)=O)cc4)C3)CC2)C1. The van der Waals surface area contributed by atoms with Crippen molar-refractivity contribution in [2.75, 3.05) is 57.0 Å². The third-order valence-electron chi connectivity index (χ3n) is 10.3. The number of hydrogen-bond acceptors (Lipinski definition) is 5. The van der Waals surface area contributed by atoms with Crippen LogP contribution in [-0.4, -0.2) is 70.3 Å². The second kappa shape index (κ2) is 10.6. The summed E-state index contributed by atoms with van der Waals surface area (Å²) in [5.74, 6) is 2.32. The molecular weight excluding hydrogens is 490 g/mol. The molecule has 1 aliphatic carbocycles. The zero-order chi connectivity index (χ0) is 26.3. The molecule has 5 nitrogen and oxygen atoms in total. The first-order chi connectivity index (χ1) is 18.4. The van der Waals surface area contributed by atoms with Gasteiger partial charge >= 0.3 is 0 Å². The number of anilines is 1. The highest BCUT2D eigenvalue weighted by Crippen LogP contribution is 2.53. The molecule has 2 aromatic carbocycles. The van der Waals surface area contributed by atoms with E-state index in [-0.39, 0.29) is 0 Å². The molecule has 0 spiro atoms. The largest absolute Gasteiger partial charge is 0.371 e. The number of rotatable bonds is 7. The summed E-state index contributed by atoms with van der Waals surface area (Å²) >= 11 is 0. The van der Waals surface area contributed by atoms with E-state index in [4.69, 9.17) is 0 Å². The number of nitrogens with zero attached hydrogens (tertiary/aromatic N) is 3. The summed E-state index contributed by atoms with van der Waals surface area (Å²) in [7, 11) is -3.14. The lowest BCUT2D eigenvalue weighted by Gasteiger charge is -2.54. The highest BCUT2D eigenvalue weighted by atomic mass is 32.2. The van der Waals surface area contributed by atoms with Crippen molar-refractivity contribution in [2.24, 2.45) is 17.8 Å². The zero-order valence-electron chi connectivity index (χ0n) is 23.3. The van der Waals surface area contributed by atoms with Crippen LogP contribution in [0.4, 0.5) is 5.69 Å². The lowest BCUT2D eigenvalue weighted by Crippen LogP contribution is -2.57. The molecule has 1 saturated carbocycles. The molecule has 4 aliphatic rings. The van der Waals surface area contributed by atoms with Gasteiger partial charge in [0.1, 0.15) is 0 Å². The Morgan fingerprint density at radius 1 is 0.868 bits per heavy atom. The number of piperidine rings is 1. The average Bonchev–Trinajstić information content (AvgIpc) is 3.45. The fraction of sp³-hybridized carbons (Fsp3) is 0.625. The Labute approximate surface area is 230 Å². The third kappa shape index (κ3) is 4.93. The van der Waals surface area contributed by atoms with Gasteiger partial charge in [0.15, 0.2) is 9.84 Å². The third-order valence-corrected chi connectivity index (χ3v) is 11.5. The first-order valence-electron chi connectivity index (χ1n) is 14.9. The standard InChI is InChI=1S/C32H45N3O2S/c1-3-33-23-26-8-4-7-11-31(26)32(24-33,27-9-5-6-10-27)28-16-18-34(19-17-28)20-25-21-35(22-25)29-12-14-30(15-13-29)38(2,36)37/h4,7-8,11-15,25,27-28H,3,5-6,9-10,16-24H2,1-2H3. The summed E-state index contributed by atoms with van der Waals surface area (Å²) in [6.45, 7) is 11.7. The molecule has 1 atom stereocenters. The smallest absolute Gasteiger partial charge is 0.175 e. The highest BCUT2D eigenvalue weighted by Gasteiger charge is 2.51. The first kappa shape index (κ1) is 26.3. The molecule has 38 heavy (non-hydrogen) atoms. The van der Waals surface area contributed by atoms with Crippen molar-refractivity contribution in [2.45, 2.75) is 62.3 Å². The zero-order valence-corrected chi connectivity index (χ0v) is 24.1. The maximum atomic E-state index is 11.8. The van der Waals surface area contributed by atoms with Gasteiger partial charge in [-0.05, 0) is 92.5 Å². The van der Waals surface area contributed by atoms with Crippen LogP contribution in [0, 0.1) is 17.8 Å². The summed E-state index contributed by atoms with van der Waals surface area (Å²) in [6.07, 6.45) is 9.57. The van der Waals surface area contributed by atoms with E-state index in [1.807, 2.05) is 12.1 Å². The van der Waals surface area contributed by atoms with Gasteiger partial charge in [-0.2, -0.15) is 0 Å². The van der Waals surface area contributed by atoms with Gasteiger partial charge in [-0.1, -0.05) is 44.0 Å². The van der Waals surface area contributed by atoms with Crippen LogP contribution >= 0.6 is 0 Å². The Kier molecular flexibility index (Phi) is 7.34. The molecule has 0 amide bonds. The molecule has 0 bridgehead atoms. The van der Waals surface area contributed by atoms with Crippen molar-refractivity contribution in [3.8, 4) is 0 Å². The number of likely N-dealkylation sites (tertiary alicyclic amines) is 1. The molecular formula is C32H45N3O2S. The number of benzene rings is 2. The molecule has 3 aliphatic heterocycles. The molecule has 3 fully saturated rings. The Balaban J connectivity index is 1.10. The molecule has 3 heterocycles. The fourth-order valence-electron chi connectivity index (χ4n) is 8.36. The van der Waals surface area contributed by atoms with Gasteiger partial charge in [-0.25, -0.2) is 8.42 Å². The van der Waals surface area contributed by atoms with E-state index in [0.717, 1.165) is 43.7 Å². The Hall–Kier alpha value is -1.89. The van der Waals surface area contributed by atoms with E-state index in [1.165, 1.54) is 71.0 Å². The van der Waals surface area contributed by atoms with Crippen molar-refractivity contribution >= 4 is 15.5 Å². The lowest BCUT2D eigenvalue weighted by atomic mass is 9.57. The van der Waals surface area contributed by atoms with Gasteiger partial charge in [0.05, 0.1) is 4.90 Å². The van der Waals surface area contributed by atoms with Crippen LogP contribution in [0.1, 0.15) is 56.6 Å². The minimum absolute atomic E-state index is 0.332. The maximum absolute atomic E-state index is 11.8. The van der Waals surface area contributed by atoms with Crippen molar-refractivity contribution in [3.63, 3.8) is 0 Å². The minimum atomic E-state index is -3.14. The summed E-state index contributed by atoms with van der Waals surface area (Å²) in [5, 5.41) is 0. The predicted octanol–water partition coefficient (Wildman–Crippen LogP) is 5.20. The second-order valence-corrected chi connectivity index (χ2v) is 14.6. The van der Waals surface area contributed by atoms with Crippen LogP contribution in [0.3, 0.4) is 0 Å². The molecule has 1 unspecified atom stereocenters. The van der Waals surface area contributed by atoms with E-state index in [0.29, 0.717) is 16.2 Å². The number of likely N-dealkylation sites (N-methyl/N-ethyl adjacent to an activating group) is 1. The van der Waals surface area contributed by atoms with Crippen LogP contribution in [0.2, 0.25) is 0 Å². The number of hydrogen-bond donors (Lipinski definition) is 0. The van der Waals surface area contributed by atoms with Crippen LogP contribution in [0.25, 0.3) is 0 Å². The normalized spacial score (nSPS) is 26.4. The van der Waals surface area contributed by atoms with Gasteiger partial charge in [-0.15, -0.1) is 0 Å². The molecule has 6 heteroatoms. The van der Waals surface area contributed by atoms with E-state index in [1.54, 1.807) is 23.3 Å². The van der Waals surface area contributed by atoms with E-state index < -0.39 is 9.84 Å². The fourth-order valence-corrected chi connectivity index (χ4v) is 8.99. The monoisotopic (exact) mass is 535 g/mol. The van der Waals surface area contributed by atoms with E-state index >= 15 is 0 Å². The van der Waals surface area contributed by atoms with Gasteiger partial charge in [0.2, 0.25) is 0 Å². The van der Waals surface area contributed by atoms with Gasteiger partial charge in [0, 0.05) is 56.0 Å². The molecule has 0 radical (unpaired) electrons. The molecule has 0 aromatic heterocycles. The molecule has 0 N–H and O–H groups in total. The van der Waals surface area contributed by atoms with Crippen LogP contribution in [0.15, 0.2) is 53.4 Å². The van der Waals surface area contributed by atoms with Crippen LogP contribution in [0.5, 0.6) is 0 Å². The molecule has 2 saturated heterocycles. The lowest BCUT2D eigenvalue weighted by molar-refractivity contribution is 0.0359. The van der Waals surface area contributed by atoms with Crippen molar-refractivity contribution in [3.05, 3.63) is 59.7 Å². The highest BCUT2D eigenvalue weighted by molar-refractivity contribution is 7.90. The maximum Gasteiger partial charge on any atom is 0.175 e. The van der Waals surface area contributed by atoms with Crippen molar-refractivity contribution in [1.29, 1.82) is 0 Å². The summed E-state index contributed by atoms with van der Waals surface area (Å²) in [5.41, 5.74) is 4.77. The quantitative estimate of drug-likeness (QED) is 0.488. The summed E-state index contributed by atoms with van der Waals surface area (Å²) in [6, 6.07) is 16.9. The molecule has 206 valence electrons. The summed E-state index contributed by atoms with van der Waals surface area (Å²) in [4.78, 5) is 8.26. The predicted molar refractivity (Wildman–Crippen MR) is 155 cm³/mol. The van der Waals surface area contributed by atoms with Crippen LogP contribution in [-0.2, 0) is 21.8 Å². The average molecular weight is 536 g/mol. The number of sulfone groups is 1. The van der Waals surface area contributed by atoms with E-state index in [2.05, 4.69) is 45.9 Å². The summed E-state index contributed by atoms with van der Waals surface area (Å²) < 4.78 is 23.5. The minimum Gasteiger partial charge on any atom is -0.371 e. The Morgan fingerprint density at radius 3 is 2.18 bits per heavy atom. The van der Waals surface area contributed by atoms with Gasteiger partial charge in [0.25, 0.3) is 0 Å². The van der Waals surface area contributed by atoms with Gasteiger partial charge < -0.3 is 9.80 Å². The van der Waals surface area contributed by atoms with E-state index in [9.17, 15) is 8.42 Å². The topological polar surface area (TPSA) is 43.9 Å². The van der Waals surface area contributed by atoms with Gasteiger partial charge in [-0.3, -0.25) is 4.90 Å². The number of fused-ring (bicyclic) bond motifs is 1. The van der Waals surface area contributed by atoms with Crippen molar-refractivity contribution < 1.29 is 8.42 Å². The Bertz CT molecular complexity index is 1210. The molecule has 6 rings (SSSR count). The Morgan fingerprint density at radius 2 is 1.53 bits per heavy atom. The van der Waals surface area contributed by atoms with Crippen LogP contribution < -0.4 is 4.90 Å². The van der Waals surface area contributed by atoms with Crippen molar-refractivity contribution in [1.82, 2.24) is 9.80 Å².